The zero-order valence-corrected chi connectivity index (χ0v) is 11.4. The van der Waals surface area contributed by atoms with Crippen molar-refractivity contribution in [3.63, 3.8) is 0 Å². The van der Waals surface area contributed by atoms with Crippen molar-refractivity contribution in [2.24, 2.45) is 17.0 Å². The van der Waals surface area contributed by atoms with Crippen molar-refractivity contribution in [1.29, 1.82) is 0 Å². The Morgan fingerprint density at radius 2 is 2.22 bits per heavy atom. The van der Waals surface area contributed by atoms with Crippen LogP contribution in [0.25, 0.3) is 0 Å². The third-order valence-electron chi connectivity index (χ3n) is 4.42. The van der Waals surface area contributed by atoms with Crippen LogP contribution in [0.5, 0.6) is 0 Å². The summed E-state index contributed by atoms with van der Waals surface area (Å²) in [5, 5.41) is 9.59. The van der Waals surface area contributed by atoms with Gasteiger partial charge in [0.25, 0.3) is 0 Å². The summed E-state index contributed by atoms with van der Waals surface area (Å²) < 4.78 is 24.3. The van der Waals surface area contributed by atoms with E-state index in [-0.39, 0.29) is 5.75 Å². The van der Waals surface area contributed by atoms with E-state index >= 15 is 0 Å². The molecule has 3 atom stereocenters. The third kappa shape index (κ3) is 2.19. The molecule has 3 rings (SSSR count). The van der Waals surface area contributed by atoms with Gasteiger partial charge < -0.3 is 0 Å². The summed E-state index contributed by atoms with van der Waals surface area (Å²) in [6.45, 7) is 1.85. The summed E-state index contributed by atoms with van der Waals surface area (Å²) in [6.07, 6.45) is 7.03. The van der Waals surface area contributed by atoms with Gasteiger partial charge in [-0.2, -0.15) is 5.10 Å². The van der Waals surface area contributed by atoms with Gasteiger partial charge >= 0.3 is 0 Å². The Kier molecular flexibility index (Phi) is 2.75. The van der Waals surface area contributed by atoms with E-state index in [1.807, 2.05) is 17.8 Å². The Morgan fingerprint density at radius 3 is 2.78 bits per heavy atom. The monoisotopic (exact) mass is 269 g/mol. The van der Waals surface area contributed by atoms with Crippen molar-refractivity contribution in [3.05, 3.63) is 17.5 Å². The molecule has 2 fully saturated rings. The average Bonchev–Trinajstić information content (AvgIpc) is 2.92. The highest BCUT2D eigenvalue weighted by Gasteiger charge is 2.41. The van der Waals surface area contributed by atoms with Crippen LogP contribution in [0.2, 0.25) is 0 Å². The minimum atomic E-state index is -3.47. The van der Waals surface area contributed by atoms with Gasteiger partial charge in [0.05, 0.1) is 17.5 Å². The van der Waals surface area contributed by atoms with E-state index in [0.717, 1.165) is 23.1 Å². The fourth-order valence-corrected chi connectivity index (χ4v) is 4.30. The number of aryl methyl sites for hydroxylation is 1. The van der Waals surface area contributed by atoms with E-state index in [4.69, 9.17) is 5.14 Å². The Labute approximate surface area is 107 Å². The molecule has 6 heteroatoms. The Morgan fingerprint density at radius 1 is 1.44 bits per heavy atom. The van der Waals surface area contributed by atoms with Crippen LogP contribution in [-0.4, -0.2) is 18.2 Å². The highest BCUT2D eigenvalue weighted by Crippen LogP contribution is 2.50. The molecule has 0 aliphatic heterocycles. The van der Waals surface area contributed by atoms with Crippen LogP contribution in [0.3, 0.4) is 0 Å². The summed E-state index contributed by atoms with van der Waals surface area (Å²) in [5.41, 5.74) is 1.52. The number of nitrogens with two attached hydrogens (primary N) is 1. The predicted molar refractivity (Wildman–Crippen MR) is 68.3 cm³/mol. The van der Waals surface area contributed by atoms with Gasteiger partial charge in [0.1, 0.15) is 0 Å². The van der Waals surface area contributed by atoms with Crippen molar-refractivity contribution in [2.45, 2.75) is 44.4 Å². The van der Waals surface area contributed by atoms with E-state index < -0.39 is 10.0 Å². The molecule has 1 heterocycles. The minimum absolute atomic E-state index is 0.111. The number of sulfonamides is 1. The van der Waals surface area contributed by atoms with Crippen LogP contribution in [-0.2, 0) is 15.8 Å². The van der Waals surface area contributed by atoms with Crippen molar-refractivity contribution in [3.8, 4) is 0 Å². The van der Waals surface area contributed by atoms with Crippen LogP contribution >= 0.6 is 0 Å². The summed E-state index contributed by atoms with van der Waals surface area (Å²) in [6, 6.07) is 0.469. The number of hydrogen-bond acceptors (Lipinski definition) is 3. The molecule has 0 spiro atoms. The number of fused-ring (bicyclic) bond motifs is 2. The second-order valence-electron chi connectivity index (χ2n) is 5.77. The molecule has 2 saturated carbocycles. The largest absolute Gasteiger partial charge is 0.269 e. The molecule has 100 valence electrons. The van der Waals surface area contributed by atoms with E-state index in [1.54, 1.807) is 0 Å². The molecule has 5 nitrogen and oxygen atoms in total. The first kappa shape index (κ1) is 12.2. The lowest BCUT2D eigenvalue weighted by atomic mass is 9.96. The van der Waals surface area contributed by atoms with Crippen molar-refractivity contribution in [2.75, 3.05) is 0 Å². The van der Waals surface area contributed by atoms with Crippen molar-refractivity contribution < 1.29 is 8.42 Å². The molecule has 3 unspecified atom stereocenters. The minimum Gasteiger partial charge on any atom is -0.269 e. The maximum Gasteiger partial charge on any atom is 0.213 e. The van der Waals surface area contributed by atoms with E-state index in [1.165, 1.54) is 25.7 Å². The topological polar surface area (TPSA) is 78.0 Å². The highest BCUT2D eigenvalue weighted by molar-refractivity contribution is 7.88. The van der Waals surface area contributed by atoms with E-state index in [9.17, 15) is 8.42 Å². The summed E-state index contributed by atoms with van der Waals surface area (Å²) in [5.74, 6) is 1.47. The molecule has 0 aromatic carbocycles. The van der Waals surface area contributed by atoms with Crippen molar-refractivity contribution in [1.82, 2.24) is 9.78 Å². The second-order valence-corrected chi connectivity index (χ2v) is 7.38. The molecule has 18 heavy (non-hydrogen) atoms. The fourth-order valence-electron chi connectivity index (χ4n) is 3.58. The molecule has 2 N–H and O–H groups in total. The summed E-state index contributed by atoms with van der Waals surface area (Å²) in [4.78, 5) is 0. The number of primary sulfonamides is 1. The molecule has 1 aromatic rings. The third-order valence-corrected chi connectivity index (χ3v) is 5.13. The number of hydrogen-bond donors (Lipinski definition) is 1. The first-order valence-corrected chi connectivity index (χ1v) is 8.19. The van der Waals surface area contributed by atoms with Gasteiger partial charge in [0, 0.05) is 11.8 Å². The Balaban J connectivity index is 1.84. The molecule has 0 radical (unpaired) electrons. The van der Waals surface area contributed by atoms with Crippen LogP contribution in [0.15, 0.2) is 6.20 Å². The number of nitrogens with zero attached hydrogens (tertiary/aromatic N) is 2. The predicted octanol–water partition coefficient (Wildman–Crippen LogP) is 1.34. The molecular formula is C12H19N3O2S. The quantitative estimate of drug-likeness (QED) is 0.899. The van der Waals surface area contributed by atoms with Crippen molar-refractivity contribution >= 4 is 10.0 Å². The van der Waals surface area contributed by atoms with E-state index in [0.29, 0.717) is 6.04 Å². The van der Waals surface area contributed by atoms with E-state index in [2.05, 4.69) is 5.10 Å². The maximum atomic E-state index is 11.2. The lowest BCUT2D eigenvalue weighted by molar-refractivity contribution is 0.306. The summed E-state index contributed by atoms with van der Waals surface area (Å²) in [7, 11) is -3.47. The molecule has 0 saturated heterocycles. The molecule has 2 bridgehead atoms. The normalized spacial score (nSPS) is 31.1. The van der Waals surface area contributed by atoms with Crippen LogP contribution in [0.4, 0.5) is 0 Å². The highest BCUT2D eigenvalue weighted by atomic mass is 32.2. The average molecular weight is 269 g/mol. The van der Waals surface area contributed by atoms with Crippen LogP contribution < -0.4 is 5.14 Å². The first-order chi connectivity index (χ1) is 8.42. The van der Waals surface area contributed by atoms with Gasteiger partial charge in [-0.3, -0.25) is 4.68 Å². The smallest absolute Gasteiger partial charge is 0.213 e. The molecular weight excluding hydrogens is 250 g/mol. The Hall–Kier alpha value is -0.880. The Bertz CT molecular complexity index is 564. The lowest BCUT2D eigenvalue weighted by Gasteiger charge is -2.21. The van der Waals surface area contributed by atoms with Crippen LogP contribution in [0.1, 0.15) is 43.0 Å². The molecule has 2 aliphatic carbocycles. The van der Waals surface area contributed by atoms with Gasteiger partial charge in [0.2, 0.25) is 10.0 Å². The second kappa shape index (κ2) is 4.06. The zero-order valence-electron chi connectivity index (χ0n) is 10.5. The maximum absolute atomic E-state index is 11.2. The molecule has 2 aliphatic rings. The van der Waals surface area contributed by atoms with Crippen LogP contribution in [0, 0.1) is 18.8 Å². The SMILES string of the molecule is Cc1nn(C2CC3CCC2C3)cc1CS(N)(=O)=O. The van der Waals surface area contributed by atoms with Gasteiger partial charge in [-0.05, 0) is 38.0 Å². The lowest BCUT2D eigenvalue weighted by Crippen LogP contribution is -2.17. The molecule has 0 amide bonds. The zero-order chi connectivity index (χ0) is 12.9. The van der Waals surface area contributed by atoms with Gasteiger partial charge in [-0.15, -0.1) is 0 Å². The van der Waals surface area contributed by atoms with Gasteiger partial charge in [-0.25, -0.2) is 13.6 Å². The van der Waals surface area contributed by atoms with Gasteiger partial charge in [-0.1, -0.05) is 6.42 Å². The first-order valence-electron chi connectivity index (χ1n) is 6.47. The number of rotatable bonds is 3. The summed E-state index contributed by atoms with van der Waals surface area (Å²) >= 11 is 0. The number of aromatic nitrogens is 2. The standard InChI is InChI=1S/C12H19N3O2S/c1-8-11(7-18(13,16)17)6-15(14-8)12-5-9-2-3-10(12)4-9/h6,9-10,12H,2-5,7H2,1H3,(H2,13,16,17). The van der Waals surface area contributed by atoms with Gasteiger partial charge in [0.15, 0.2) is 0 Å². The fraction of sp³-hybridized carbons (Fsp3) is 0.750. The molecule has 1 aromatic heterocycles.